The van der Waals surface area contributed by atoms with Crippen molar-refractivity contribution in [1.82, 2.24) is 25.3 Å². The molecule has 5 amide bonds. The van der Waals surface area contributed by atoms with E-state index in [9.17, 15) is 28.8 Å². The Bertz CT molecular complexity index is 1020. The van der Waals surface area contributed by atoms with E-state index < -0.39 is 65.8 Å². The minimum Gasteiger partial charge on any atom is -0.452 e. The van der Waals surface area contributed by atoms with Gasteiger partial charge in [-0.3, -0.25) is 28.8 Å². The van der Waals surface area contributed by atoms with Gasteiger partial charge >= 0.3 is 5.97 Å². The summed E-state index contributed by atoms with van der Waals surface area (Å²) in [5.41, 5.74) is 0. The van der Waals surface area contributed by atoms with Crippen LogP contribution < -0.4 is 10.6 Å². The molecule has 12 heteroatoms. The van der Waals surface area contributed by atoms with E-state index in [0.717, 1.165) is 0 Å². The van der Waals surface area contributed by atoms with Crippen LogP contribution in [0.5, 0.6) is 0 Å². The van der Waals surface area contributed by atoms with Crippen molar-refractivity contribution in [3.63, 3.8) is 0 Å². The Labute approximate surface area is 250 Å². The number of fused-ring (bicyclic) bond motifs is 1. The smallest absolute Gasteiger partial charge is 0.308 e. The number of carbonyl (C=O) groups excluding carboxylic acids is 6. The highest BCUT2D eigenvalue weighted by molar-refractivity contribution is 5.96. The number of rotatable bonds is 5. The average molecular weight is 594 g/mol. The lowest BCUT2D eigenvalue weighted by molar-refractivity contribution is -0.165. The van der Waals surface area contributed by atoms with Gasteiger partial charge in [0.1, 0.15) is 24.2 Å². The number of hydrogen-bond donors (Lipinski definition) is 2. The first kappa shape index (κ1) is 35.0. The van der Waals surface area contributed by atoms with Crippen LogP contribution in [0.3, 0.4) is 0 Å². The summed E-state index contributed by atoms with van der Waals surface area (Å²) in [6.07, 6.45) is 0.910. The van der Waals surface area contributed by atoms with Gasteiger partial charge in [0.2, 0.25) is 23.6 Å². The van der Waals surface area contributed by atoms with Gasteiger partial charge in [-0.25, -0.2) is 0 Å². The molecular formula is C30H51N5O7. The van der Waals surface area contributed by atoms with Gasteiger partial charge in [-0.2, -0.15) is 0 Å². The fourth-order valence-corrected chi connectivity index (χ4v) is 5.49. The molecule has 2 saturated heterocycles. The van der Waals surface area contributed by atoms with Crippen LogP contribution in [0, 0.1) is 17.8 Å². The summed E-state index contributed by atoms with van der Waals surface area (Å²) in [6.45, 7) is 13.0. The standard InChI is InChI=1S/C30H51N5O7/c1-10-18(5)23-28(39)34(9)24(17(3)4)29(40)33(8)20(7)26(37)31-15-14-22(36)42-25(19(6)11-2)30(41)35-16-12-13-21(35)27(38)32-23/h17-21,23-25H,10-16H2,1-9H3,(H,31,37)(H,32,38)/t18-,19?,20-,21?,23-,24-,25+/m0/s1. The number of nitrogens with one attached hydrogen (secondary N) is 2. The second kappa shape index (κ2) is 15.3. The van der Waals surface area contributed by atoms with E-state index in [-0.39, 0.29) is 30.7 Å². The van der Waals surface area contributed by atoms with E-state index in [1.165, 1.54) is 21.7 Å². The fraction of sp³-hybridized carbons (Fsp3) is 0.800. The third-order valence-corrected chi connectivity index (χ3v) is 8.86. The molecule has 2 fully saturated rings. The first-order valence-corrected chi connectivity index (χ1v) is 15.3. The number of hydrogen-bond acceptors (Lipinski definition) is 7. The highest BCUT2D eigenvalue weighted by atomic mass is 16.5. The summed E-state index contributed by atoms with van der Waals surface area (Å²) in [7, 11) is 3.04. The Hall–Kier alpha value is -3.18. The van der Waals surface area contributed by atoms with Gasteiger partial charge < -0.3 is 30.1 Å². The molecule has 0 aromatic rings. The second-order valence-electron chi connectivity index (χ2n) is 12.2. The van der Waals surface area contributed by atoms with E-state index in [4.69, 9.17) is 4.74 Å². The van der Waals surface area contributed by atoms with E-state index >= 15 is 0 Å². The van der Waals surface area contributed by atoms with E-state index in [2.05, 4.69) is 10.6 Å². The summed E-state index contributed by atoms with van der Waals surface area (Å²) < 4.78 is 5.63. The first-order valence-electron chi connectivity index (χ1n) is 15.3. The van der Waals surface area contributed by atoms with Crippen molar-refractivity contribution >= 4 is 35.5 Å². The van der Waals surface area contributed by atoms with Crippen molar-refractivity contribution in [3.05, 3.63) is 0 Å². The lowest BCUT2D eigenvalue weighted by Gasteiger charge is -2.38. The molecule has 7 atom stereocenters. The van der Waals surface area contributed by atoms with Crippen LogP contribution in [0.15, 0.2) is 0 Å². The summed E-state index contributed by atoms with van der Waals surface area (Å²) in [5.74, 6) is -3.70. The molecule has 2 heterocycles. The second-order valence-corrected chi connectivity index (χ2v) is 12.2. The number of nitrogens with zero attached hydrogens (tertiary/aromatic N) is 3. The molecule has 2 rings (SSSR count). The maximum absolute atomic E-state index is 13.9. The van der Waals surface area contributed by atoms with Gasteiger partial charge in [0.05, 0.1) is 6.42 Å². The van der Waals surface area contributed by atoms with Crippen molar-refractivity contribution in [2.24, 2.45) is 17.8 Å². The molecular weight excluding hydrogens is 542 g/mol. The molecule has 0 aromatic heterocycles. The number of cyclic esters (lactones) is 1. The maximum Gasteiger partial charge on any atom is 0.308 e. The van der Waals surface area contributed by atoms with E-state index in [0.29, 0.717) is 32.2 Å². The van der Waals surface area contributed by atoms with Crippen molar-refractivity contribution in [2.75, 3.05) is 27.2 Å². The molecule has 0 bridgehead atoms. The maximum atomic E-state index is 13.9. The predicted octanol–water partition coefficient (Wildman–Crippen LogP) is 1.32. The number of esters is 1. The number of carbonyl (C=O) groups is 6. The number of likely N-dealkylation sites (N-methyl/N-ethyl adjacent to an activating group) is 2. The average Bonchev–Trinajstić information content (AvgIpc) is 3.45. The van der Waals surface area contributed by atoms with Crippen LogP contribution in [0.1, 0.15) is 80.6 Å². The number of ether oxygens (including phenoxy) is 1. The highest BCUT2D eigenvalue weighted by Crippen LogP contribution is 2.25. The zero-order valence-corrected chi connectivity index (χ0v) is 26.8. The molecule has 42 heavy (non-hydrogen) atoms. The molecule has 2 aliphatic heterocycles. The van der Waals surface area contributed by atoms with Crippen LogP contribution in [-0.2, 0) is 33.5 Å². The van der Waals surface area contributed by atoms with Crippen molar-refractivity contribution in [1.29, 1.82) is 0 Å². The minimum absolute atomic E-state index is 0.0389. The lowest BCUT2D eigenvalue weighted by atomic mass is 9.94. The zero-order chi connectivity index (χ0) is 31.9. The molecule has 238 valence electrons. The largest absolute Gasteiger partial charge is 0.452 e. The molecule has 0 spiro atoms. The van der Waals surface area contributed by atoms with Gasteiger partial charge in [0.25, 0.3) is 5.91 Å². The van der Waals surface area contributed by atoms with Crippen molar-refractivity contribution < 1.29 is 33.5 Å². The topological polar surface area (TPSA) is 145 Å². The Morgan fingerprint density at radius 1 is 0.857 bits per heavy atom. The molecule has 0 aromatic carbocycles. The van der Waals surface area contributed by atoms with Crippen LogP contribution in [-0.4, -0.2) is 108 Å². The third kappa shape index (κ3) is 8.01. The van der Waals surface area contributed by atoms with Gasteiger partial charge in [-0.1, -0.05) is 48.0 Å². The highest BCUT2D eigenvalue weighted by Gasteiger charge is 2.43. The SMILES string of the molecule is CCC(C)[C@H]1OC(=O)CCNC(=O)[C@H](C)N(C)C(=O)[C@H](C(C)C)N(C)C(=O)[C@H]([C@@H](C)CC)NC(=O)C2CCCN2C1=O. The molecule has 0 saturated carbocycles. The monoisotopic (exact) mass is 593 g/mol. The summed E-state index contributed by atoms with van der Waals surface area (Å²) in [4.78, 5) is 84.8. The Kier molecular flexibility index (Phi) is 12.8. The van der Waals surface area contributed by atoms with Crippen LogP contribution in [0.4, 0.5) is 0 Å². The van der Waals surface area contributed by atoms with Crippen molar-refractivity contribution in [2.45, 2.75) is 111 Å². The van der Waals surface area contributed by atoms with Crippen LogP contribution in [0.25, 0.3) is 0 Å². The fourth-order valence-electron chi connectivity index (χ4n) is 5.49. The lowest BCUT2D eigenvalue weighted by Crippen LogP contribution is -2.61. The van der Waals surface area contributed by atoms with E-state index in [1.54, 1.807) is 14.0 Å². The summed E-state index contributed by atoms with van der Waals surface area (Å²) in [6, 6.07) is -3.52. The van der Waals surface area contributed by atoms with Gasteiger partial charge in [-0.05, 0) is 38.0 Å². The Morgan fingerprint density at radius 3 is 2.05 bits per heavy atom. The first-order chi connectivity index (χ1) is 19.7. The van der Waals surface area contributed by atoms with Gasteiger partial charge in [0.15, 0.2) is 6.10 Å². The molecule has 0 aliphatic carbocycles. The zero-order valence-electron chi connectivity index (χ0n) is 26.8. The Morgan fingerprint density at radius 2 is 1.48 bits per heavy atom. The van der Waals surface area contributed by atoms with Gasteiger partial charge in [-0.15, -0.1) is 0 Å². The molecule has 12 nitrogen and oxygen atoms in total. The van der Waals surface area contributed by atoms with Crippen LogP contribution >= 0.6 is 0 Å². The van der Waals surface area contributed by atoms with Gasteiger partial charge in [0, 0.05) is 33.1 Å². The summed E-state index contributed by atoms with van der Waals surface area (Å²) in [5, 5.41) is 5.57. The minimum atomic E-state index is -1.08. The summed E-state index contributed by atoms with van der Waals surface area (Å²) >= 11 is 0. The third-order valence-electron chi connectivity index (χ3n) is 8.86. The Balaban J connectivity index is 2.55. The molecule has 2 aliphatic rings. The quantitative estimate of drug-likeness (QED) is 0.457. The molecule has 2 N–H and O–H groups in total. The van der Waals surface area contributed by atoms with Crippen molar-refractivity contribution in [3.8, 4) is 0 Å². The van der Waals surface area contributed by atoms with Crippen LogP contribution in [0.2, 0.25) is 0 Å². The van der Waals surface area contributed by atoms with E-state index in [1.807, 2.05) is 41.5 Å². The molecule has 0 radical (unpaired) electrons. The normalized spacial score (nSPS) is 29.3. The molecule has 2 unspecified atom stereocenters. The predicted molar refractivity (Wildman–Crippen MR) is 157 cm³/mol. The number of amides is 5.